The number of rotatable bonds is 6. The second-order valence-electron chi connectivity index (χ2n) is 10.3. The van der Waals surface area contributed by atoms with Crippen LogP contribution in [0.5, 0.6) is 0 Å². The zero-order valence-corrected chi connectivity index (χ0v) is 23.6. The van der Waals surface area contributed by atoms with E-state index in [0.717, 1.165) is 63.8 Å². The molecule has 2 aromatic heterocycles. The Kier molecular flexibility index (Phi) is 7.05. The van der Waals surface area contributed by atoms with Crippen LogP contribution in [-0.2, 0) is 24.2 Å². The van der Waals surface area contributed by atoms with Crippen LogP contribution in [0.1, 0.15) is 56.2 Å². The molecule has 208 valence electrons. The lowest BCUT2D eigenvalue weighted by Gasteiger charge is -2.14. The molecule has 4 aromatic rings. The fourth-order valence-electron chi connectivity index (χ4n) is 5.57. The lowest BCUT2D eigenvalue weighted by atomic mass is 9.95. The number of benzene rings is 2. The van der Waals surface area contributed by atoms with Crippen LogP contribution in [0.3, 0.4) is 0 Å². The molecule has 2 aliphatic rings. The summed E-state index contributed by atoms with van der Waals surface area (Å²) >= 11 is 1.64. The van der Waals surface area contributed by atoms with Crippen molar-refractivity contribution in [1.29, 1.82) is 0 Å². The molecule has 0 radical (unpaired) electrons. The molecule has 1 aliphatic carbocycles. The van der Waals surface area contributed by atoms with Gasteiger partial charge in [0.15, 0.2) is 0 Å². The van der Waals surface area contributed by atoms with Gasteiger partial charge in [-0.2, -0.15) is 0 Å². The van der Waals surface area contributed by atoms with E-state index in [-0.39, 0.29) is 23.7 Å². The van der Waals surface area contributed by atoms with Crippen LogP contribution in [0.4, 0.5) is 14.9 Å². The third-order valence-corrected chi connectivity index (χ3v) is 8.91. The van der Waals surface area contributed by atoms with E-state index in [2.05, 4.69) is 15.2 Å². The van der Waals surface area contributed by atoms with Crippen LogP contribution < -0.4 is 10.6 Å². The first kappa shape index (κ1) is 26.7. The van der Waals surface area contributed by atoms with Crippen molar-refractivity contribution in [2.45, 2.75) is 46.1 Å². The summed E-state index contributed by atoms with van der Waals surface area (Å²) in [6.07, 6.45) is 5.59. The smallest absolute Gasteiger partial charge is 0.322 e. The lowest BCUT2D eigenvalue weighted by Crippen LogP contribution is -2.30. The normalized spacial score (nSPS) is 15.8. The number of hydrogen-bond acceptors (Lipinski definition) is 4. The van der Waals surface area contributed by atoms with Crippen molar-refractivity contribution in [1.82, 2.24) is 14.8 Å². The fraction of sp³-hybridized carbons (Fsp3) is 0.219. The second kappa shape index (κ2) is 10.8. The van der Waals surface area contributed by atoms with E-state index in [4.69, 9.17) is 0 Å². The van der Waals surface area contributed by atoms with Gasteiger partial charge in [-0.1, -0.05) is 36.4 Å². The summed E-state index contributed by atoms with van der Waals surface area (Å²) in [5, 5.41) is 6.56. The minimum Gasteiger partial charge on any atom is -0.322 e. The number of hydrogen-bond donors (Lipinski definition) is 2. The first-order valence-corrected chi connectivity index (χ1v) is 14.4. The van der Waals surface area contributed by atoms with Gasteiger partial charge in [0.05, 0.1) is 12.1 Å². The van der Waals surface area contributed by atoms with Crippen LogP contribution in [0.2, 0.25) is 0 Å². The number of aromatic nitrogens is 1. The molecule has 4 amide bonds. The molecule has 0 saturated carbocycles. The van der Waals surface area contributed by atoms with Gasteiger partial charge in [-0.3, -0.25) is 14.5 Å². The second-order valence-corrected chi connectivity index (χ2v) is 11.4. The summed E-state index contributed by atoms with van der Waals surface area (Å²) in [5.74, 6) is -1.13. The third-order valence-electron chi connectivity index (χ3n) is 7.63. The first-order chi connectivity index (χ1) is 19.8. The maximum Gasteiger partial charge on any atom is 0.329 e. The van der Waals surface area contributed by atoms with Gasteiger partial charge >= 0.3 is 6.03 Å². The standard InChI is InChI=1S/C32H29FN4O3S/c1-19-16-22(17-26-30(39)36(32(40)35-26)18-21-10-6-8-14-25(21)33)20(2)37(19)31-28(24-13-7-9-15-27(24)41-31)29(38)34-23-11-4-3-5-12-23/h3-6,8,10-12,14,16-17H,7,9,13,15,18H2,1-2H3,(H,34,38)(H,35,40)/b26-17+. The number of nitrogens with zero attached hydrogens (tertiary/aromatic N) is 2. The van der Waals surface area contributed by atoms with Crippen LogP contribution >= 0.6 is 11.3 Å². The summed E-state index contributed by atoms with van der Waals surface area (Å²) in [7, 11) is 0. The van der Waals surface area contributed by atoms with E-state index in [1.807, 2.05) is 50.2 Å². The third kappa shape index (κ3) is 4.97. The van der Waals surface area contributed by atoms with Crippen molar-refractivity contribution in [3.63, 3.8) is 0 Å². The number of halogens is 1. The lowest BCUT2D eigenvalue weighted by molar-refractivity contribution is -0.123. The van der Waals surface area contributed by atoms with Gasteiger partial charge in [-0.25, -0.2) is 9.18 Å². The number of fused-ring (bicyclic) bond motifs is 1. The van der Waals surface area contributed by atoms with Crippen molar-refractivity contribution in [2.75, 3.05) is 5.32 Å². The molecule has 0 bridgehead atoms. The summed E-state index contributed by atoms with van der Waals surface area (Å²) in [5.41, 5.74) is 5.42. The van der Waals surface area contributed by atoms with Crippen molar-refractivity contribution >= 4 is 40.9 Å². The highest BCUT2D eigenvalue weighted by Gasteiger charge is 2.34. The zero-order valence-electron chi connectivity index (χ0n) is 22.8. The van der Waals surface area contributed by atoms with Crippen molar-refractivity contribution in [2.24, 2.45) is 0 Å². The molecule has 9 heteroatoms. The number of urea groups is 1. The van der Waals surface area contributed by atoms with Crippen molar-refractivity contribution in [3.8, 4) is 5.00 Å². The first-order valence-electron chi connectivity index (χ1n) is 13.6. The molecule has 0 spiro atoms. The predicted octanol–water partition coefficient (Wildman–Crippen LogP) is 6.52. The Bertz CT molecular complexity index is 1720. The number of para-hydroxylation sites is 1. The van der Waals surface area contributed by atoms with Gasteiger partial charge in [0.25, 0.3) is 11.8 Å². The molecule has 0 atom stereocenters. The highest BCUT2D eigenvalue weighted by molar-refractivity contribution is 7.15. The van der Waals surface area contributed by atoms with E-state index in [0.29, 0.717) is 5.56 Å². The van der Waals surface area contributed by atoms with Crippen LogP contribution in [0.15, 0.2) is 66.4 Å². The van der Waals surface area contributed by atoms with Gasteiger partial charge in [0, 0.05) is 27.5 Å². The average Bonchev–Trinajstić information content (AvgIpc) is 3.56. The average molecular weight is 569 g/mol. The van der Waals surface area contributed by atoms with Crippen molar-refractivity contribution in [3.05, 3.63) is 111 Å². The van der Waals surface area contributed by atoms with Gasteiger partial charge in [0.1, 0.15) is 16.5 Å². The number of carbonyl (C=O) groups excluding carboxylic acids is 3. The molecule has 41 heavy (non-hydrogen) atoms. The number of imide groups is 1. The molecule has 1 fully saturated rings. The largest absolute Gasteiger partial charge is 0.329 e. The molecular formula is C32H29FN4O3S. The Morgan fingerprint density at radius 1 is 1.05 bits per heavy atom. The summed E-state index contributed by atoms with van der Waals surface area (Å²) < 4.78 is 16.2. The highest BCUT2D eigenvalue weighted by Crippen LogP contribution is 2.39. The maximum absolute atomic E-state index is 14.2. The fourth-order valence-corrected chi connectivity index (χ4v) is 7.07. The molecule has 6 rings (SSSR count). The highest BCUT2D eigenvalue weighted by atomic mass is 32.1. The number of anilines is 1. The van der Waals surface area contributed by atoms with Gasteiger partial charge in [0.2, 0.25) is 0 Å². The van der Waals surface area contributed by atoms with Gasteiger partial charge in [-0.05, 0) is 81.0 Å². The molecule has 1 aliphatic heterocycles. The van der Waals surface area contributed by atoms with Crippen LogP contribution in [0, 0.1) is 19.7 Å². The summed E-state index contributed by atoms with van der Waals surface area (Å²) in [6.45, 7) is 3.75. The van der Waals surface area contributed by atoms with Gasteiger partial charge < -0.3 is 15.2 Å². The SMILES string of the molecule is Cc1cc(/C=C2/NC(=O)N(Cc3ccccc3F)C2=O)c(C)n1-c1sc2c(c1C(=O)Nc1ccccc1)CCCC2. The minimum atomic E-state index is -0.593. The van der Waals surface area contributed by atoms with Crippen molar-refractivity contribution < 1.29 is 18.8 Å². The number of carbonyl (C=O) groups is 3. The molecule has 2 aromatic carbocycles. The molecule has 0 unspecified atom stereocenters. The maximum atomic E-state index is 14.2. The molecule has 2 N–H and O–H groups in total. The number of nitrogens with one attached hydrogen (secondary N) is 2. The zero-order chi connectivity index (χ0) is 28.7. The molecule has 3 heterocycles. The number of amides is 4. The number of thiophene rings is 1. The van der Waals surface area contributed by atoms with E-state index < -0.39 is 17.8 Å². The summed E-state index contributed by atoms with van der Waals surface area (Å²) in [6, 6.07) is 16.9. The van der Waals surface area contributed by atoms with Crippen LogP contribution in [-0.4, -0.2) is 27.3 Å². The molecule has 1 saturated heterocycles. The van der Waals surface area contributed by atoms with Crippen LogP contribution in [0.25, 0.3) is 11.1 Å². The Morgan fingerprint density at radius 2 is 1.78 bits per heavy atom. The predicted molar refractivity (Wildman–Crippen MR) is 158 cm³/mol. The molecule has 7 nitrogen and oxygen atoms in total. The topological polar surface area (TPSA) is 83.4 Å². The molecular weight excluding hydrogens is 539 g/mol. The Hall–Kier alpha value is -4.50. The van der Waals surface area contributed by atoms with E-state index in [9.17, 15) is 18.8 Å². The van der Waals surface area contributed by atoms with E-state index >= 15 is 0 Å². The summed E-state index contributed by atoms with van der Waals surface area (Å²) in [4.78, 5) is 41.7. The Balaban J connectivity index is 1.35. The van der Waals surface area contributed by atoms with Gasteiger partial charge in [-0.15, -0.1) is 11.3 Å². The monoisotopic (exact) mass is 568 g/mol. The Morgan fingerprint density at radius 3 is 2.56 bits per heavy atom. The quantitative estimate of drug-likeness (QED) is 0.205. The minimum absolute atomic E-state index is 0.124. The van der Waals surface area contributed by atoms with E-state index in [1.54, 1.807) is 35.6 Å². The van der Waals surface area contributed by atoms with E-state index in [1.165, 1.54) is 10.9 Å². The number of aryl methyl sites for hydroxylation is 2. The Labute approximate surface area is 241 Å².